The molecule has 0 fully saturated rings. The third-order valence-electron chi connectivity index (χ3n) is 2.00. The summed E-state index contributed by atoms with van der Waals surface area (Å²) in [5.41, 5.74) is 2.39. The Morgan fingerprint density at radius 3 is 2.88 bits per heavy atom. The van der Waals surface area contributed by atoms with Crippen LogP contribution < -0.4 is 5.43 Å². The number of carbonyl (C=O) groups is 1. The van der Waals surface area contributed by atoms with Crippen molar-refractivity contribution in [3.63, 3.8) is 0 Å². The molecule has 2 N–H and O–H groups in total. The van der Waals surface area contributed by atoms with Gasteiger partial charge in [0.2, 0.25) is 0 Å². The highest BCUT2D eigenvalue weighted by molar-refractivity contribution is 5.68. The maximum atomic E-state index is 11.8. The minimum atomic E-state index is -0.539. The Kier molecular flexibility index (Phi) is 4.57. The molecule has 1 rings (SSSR count). The number of hydrazine groups is 1. The summed E-state index contributed by atoms with van der Waals surface area (Å²) >= 11 is 0. The van der Waals surface area contributed by atoms with Gasteiger partial charge in [0, 0.05) is 12.7 Å². The predicted octanol–water partition coefficient (Wildman–Crippen LogP) is 2.48. The van der Waals surface area contributed by atoms with Crippen LogP contribution in [-0.2, 0) is 4.74 Å². The summed E-state index contributed by atoms with van der Waals surface area (Å²) in [6.07, 6.45) is 5.77. The first-order valence-corrected chi connectivity index (χ1v) is 5.71. The van der Waals surface area contributed by atoms with Crippen molar-refractivity contribution in [1.29, 1.82) is 0 Å². The van der Waals surface area contributed by atoms with Crippen LogP contribution in [0.1, 0.15) is 33.6 Å². The maximum Gasteiger partial charge on any atom is 0.429 e. The number of rotatable bonds is 0. The Bertz CT molecular complexity index is 329. The van der Waals surface area contributed by atoms with Gasteiger partial charge < -0.3 is 9.84 Å². The second-order valence-electron chi connectivity index (χ2n) is 4.85. The normalized spacial score (nSPS) is 22.8. The molecule has 0 aliphatic carbocycles. The zero-order chi connectivity index (χ0) is 12.9. The molecule has 1 aliphatic rings. The second-order valence-corrected chi connectivity index (χ2v) is 4.85. The molecular weight excluding hydrogens is 220 g/mol. The Labute approximate surface area is 102 Å². The van der Waals surface area contributed by atoms with Gasteiger partial charge in [-0.3, -0.25) is 0 Å². The molecule has 0 saturated carbocycles. The van der Waals surface area contributed by atoms with Gasteiger partial charge >= 0.3 is 6.09 Å². The zero-order valence-electron chi connectivity index (χ0n) is 10.6. The van der Waals surface area contributed by atoms with E-state index >= 15 is 0 Å². The number of hydrogen-bond acceptors (Lipinski definition) is 4. The summed E-state index contributed by atoms with van der Waals surface area (Å²) in [6.45, 7) is 6.07. The molecule has 1 amide bonds. The highest BCUT2D eigenvalue weighted by atomic mass is 16.6. The van der Waals surface area contributed by atoms with Crippen LogP contribution in [-0.4, -0.2) is 28.4 Å². The molecule has 0 aromatic rings. The molecule has 1 heterocycles. The van der Waals surface area contributed by atoms with Gasteiger partial charge in [-0.15, -0.1) is 0 Å². The third-order valence-corrected chi connectivity index (χ3v) is 2.00. The van der Waals surface area contributed by atoms with Crippen LogP contribution in [0.3, 0.4) is 0 Å². The summed E-state index contributed by atoms with van der Waals surface area (Å²) in [7, 11) is 0. The van der Waals surface area contributed by atoms with Gasteiger partial charge in [0.05, 0.1) is 0 Å². The number of nitrogens with zero attached hydrogens (tertiary/aromatic N) is 1. The Balaban J connectivity index is 2.67. The van der Waals surface area contributed by atoms with Gasteiger partial charge in [-0.2, -0.15) is 0 Å². The van der Waals surface area contributed by atoms with Crippen LogP contribution in [0, 0.1) is 0 Å². The van der Waals surface area contributed by atoms with E-state index in [2.05, 4.69) is 5.43 Å². The highest BCUT2D eigenvalue weighted by Gasteiger charge is 2.20. The maximum absolute atomic E-state index is 11.8. The van der Waals surface area contributed by atoms with E-state index in [4.69, 9.17) is 4.74 Å². The largest absolute Gasteiger partial charge is 0.508 e. The Morgan fingerprint density at radius 1 is 1.53 bits per heavy atom. The molecule has 0 unspecified atom stereocenters. The standard InChI is InChI=1S/C12H20N2O3/c1-12(2,3)17-11(16)14-9-7-10(15)6-4-5-8-13-14/h6-7,9,13,15H,4-5,8H2,1-3H3/b9-7-,10-6-. The number of nitrogens with one attached hydrogen (secondary N) is 1. The van der Waals surface area contributed by atoms with Crippen molar-refractivity contribution >= 4 is 6.09 Å². The molecule has 0 spiro atoms. The van der Waals surface area contributed by atoms with Crippen molar-refractivity contribution in [2.75, 3.05) is 6.54 Å². The number of hydrogen-bond donors (Lipinski definition) is 2. The predicted molar refractivity (Wildman–Crippen MR) is 65.2 cm³/mol. The van der Waals surface area contributed by atoms with Gasteiger partial charge in [-0.25, -0.2) is 15.2 Å². The minimum Gasteiger partial charge on any atom is -0.508 e. The average Bonchev–Trinajstić information content (AvgIpc) is 2.27. The fourth-order valence-corrected chi connectivity index (χ4v) is 1.26. The SMILES string of the molecule is CC(C)(C)OC(=O)N1/C=C\C(O)=C\CCCN1. The van der Waals surface area contributed by atoms with E-state index < -0.39 is 11.7 Å². The molecule has 96 valence electrons. The zero-order valence-corrected chi connectivity index (χ0v) is 10.6. The Morgan fingerprint density at radius 2 is 2.24 bits per heavy atom. The molecule has 5 heteroatoms. The van der Waals surface area contributed by atoms with Crippen molar-refractivity contribution in [2.24, 2.45) is 0 Å². The molecule has 5 nitrogen and oxygen atoms in total. The van der Waals surface area contributed by atoms with Crippen LogP contribution in [0.15, 0.2) is 24.1 Å². The first kappa shape index (κ1) is 13.6. The van der Waals surface area contributed by atoms with Crippen LogP contribution in [0.4, 0.5) is 4.79 Å². The van der Waals surface area contributed by atoms with E-state index in [1.807, 2.05) is 20.8 Å². The number of aliphatic hydroxyl groups is 1. The van der Waals surface area contributed by atoms with Gasteiger partial charge in [-0.1, -0.05) is 0 Å². The van der Waals surface area contributed by atoms with Gasteiger partial charge in [0.15, 0.2) is 0 Å². The number of aliphatic hydroxyl groups excluding tert-OH is 1. The highest BCUT2D eigenvalue weighted by Crippen LogP contribution is 2.10. The van der Waals surface area contributed by atoms with Crippen LogP contribution in [0.25, 0.3) is 0 Å². The fourth-order valence-electron chi connectivity index (χ4n) is 1.26. The molecule has 0 saturated heterocycles. The second kappa shape index (κ2) is 5.72. The molecule has 0 aromatic carbocycles. The van der Waals surface area contributed by atoms with E-state index in [9.17, 15) is 9.90 Å². The molecule has 17 heavy (non-hydrogen) atoms. The molecule has 0 bridgehead atoms. The lowest BCUT2D eigenvalue weighted by Gasteiger charge is -2.25. The average molecular weight is 240 g/mol. The smallest absolute Gasteiger partial charge is 0.429 e. The summed E-state index contributed by atoms with van der Waals surface area (Å²) in [4.78, 5) is 11.8. The van der Waals surface area contributed by atoms with E-state index in [0.717, 1.165) is 12.8 Å². The lowest BCUT2D eigenvalue weighted by atomic mass is 10.2. The van der Waals surface area contributed by atoms with Crippen molar-refractivity contribution in [3.05, 3.63) is 24.1 Å². The van der Waals surface area contributed by atoms with Gasteiger partial charge in [-0.05, 0) is 45.8 Å². The van der Waals surface area contributed by atoms with Gasteiger partial charge in [0.1, 0.15) is 11.4 Å². The number of amides is 1. The molecule has 0 atom stereocenters. The molecule has 0 radical (unpaired) electrons. The van der Waals surface area contributed by atoms with Crippen LogP contribution in [0.5, 0.6) is 0 Å². The fraction of sp³-hybridized carbons (Fsp3) is 0.583. The van der Waals surface area contributed by atoms with Crippen molar-refractivity contribution in [2.45, 2.75) is 39.2 Å². The summed E-state index contributed by atoms with van der Waals surface area (Å²) in [5, 5.41) is 10.7. The third kappa shape index (κ3) is 5.40. The first-order chi connectivity index (χ1) is 7.88. The minimum absolute atomic E-state index is 0.155. The summed E-state index contributed by atoms with van der Waals surface area (Å²) in [6, 6.07) is 0. The molecule has 1 aliphatic heterocycles. The quantitative estimate of drug-likeness (QED) is 0.683. The first-order valence-electron chi connectivity index (χ1n) is 5.71. The van der Waals surface area contributed by atoms with E-state index in [1.54, 1.807) is 6.08 Å². The van der Waals surface area contributed by atoms with Crippen molar-refractivity contribution in [1.82, 2.24) is 10.4 Å². The lowest BCUT2D eigenvalue weighted by Crippen LogP contribution is -2.42. The lowest BCUT2D eigenvalue weighted by molar-refractivity contribution is 0.0251. The monoisotopic (exact) mass is 240 g/mol. The molecular formula is C12H20N2O3. The van der Waals surface area contributed by atoms with E-state index in [0.29, 0.717) is 6.54 Å². The summed E-state index contributed by atoms with van der Waals surface area (Å²) < 4.78 is 5.22. The van der Waals surface area contributed by atoms with E-state index in [-0.39, 0.29) is 5.76 Å². The van der Waals surface area contributed by atoms with Crippen molar-refractivity contribution in [3.8, 4) is 0 Å². The summed E-state index contributed by atoms with van der Waals surface area (Å²) in [5.74, 6) is 0.155. The topological polar surface area (TPSA) is 61.8 Å². The number of allylic oxidation sites excluding steroid dienone is 2. The van der Waals surface area contributed by atoms with Crippen molar-refractivity contribution < 1.29 is 14.6 Å². The number of carbonyl (C=O) groups excluding carboxylic acids is 1. The molecule has 0 aromatic heterocycles. The van der Waals surface area contributed by atoms with Crippen LogP contribution in [0.2, 0.25) is 0 Å². The van der Waals surface area contributed by atoms with Crippen LogP contribution >= 0.6 is 0 Å². The Hall–Kier alpha value is -1.49. The van der Waals surface area contributed by atoms with Gasteiger partial charge in [0.25, 0.3) is 0 Å². The van der Waals surface area contributed by atoms with E-state index in [1.165, 1.54) is 17.3 Å². The number of ether oxygens (including phenoxy) is 1.